The van der Waals surface area contributed by atoms with Crippen LogP contribution in [0.25, 0.3) is 0 Å². The molecule has 0 radical (unpaired) electrons. The third kappa shape index (κ3) is 3.11. The number of nitrogens with two attached hydrogens (primary N) is 1. The lowest BCUT2D eigenvalue weighted by Gasteiger charge is -2.35. The maximum atomic E-state index is 6.24. The van der Waals surface area contributed by atoms with E-state index in [1.807, 2.05) is 24.3 Å². The number of anilines is 2. The maximum absolute atomic E-state index is 6.24. The van der Waals surface area contributed by atoms with Crippen molar-refractivity contribution in [2.24, 2.45) is 5.73 Å². The van der Waals surface area contributed by atoms with Gasteiger partial charge in [-0.2, -0.15) is 0 Å². The van der Waals surface area contributed by atoms with Gasteiger partial charge in [0.15, 0.2) is 0 Å². The van der Waals surface area contributed by atoms with Gasteiger partial charge in [-0.05, 0) is 12.1 Å². The molecule has 0 unspecified atom stereocenters. The van der Waals surface area contributed by atoms with Crippen LogP contribution in [0.3, 0.4) is 0 Å². The zero-order chi connectivity index (χ0) is 14.7. The van der Waals surface area contributed by atoms with Gasteiger partial charge in [0.1, 0.15) is 0 Å². The zero-order valence-corrected chi connectivity index (χ0v) is 12.5. The highest BCUT2D eigenvalue weighted by Gasteiger charge is 2.22. The van der Waals surface area contributed by atoms with Crippen molar-refractivity contribution in [3.63, 3.8) is 0 Å². The minimum Gasteiger partial charge on any atom is -0.408 e. The van der Waals surface area contributed by atoms with E-state index in [0.717, 1.165) is 36.9 Å². The minimum atomic E-state index is 0.516. The van der Waals surface area contributed by atoms with Gasteiger partial charge in [-0.1, -0.05) is 28.8 Å². The number of rotatable bonds is 4. The highest BCUT2D eigenvalue weighted by atomic mass is 35.5. The van der Waals surface area contributed by atoms with Crippen molar-refractivity contribution in [3.8, 4) is 0 Å². The van der Waals surface area contributed by atoms with E-state index < -0.39 is 0 Å². The Balaban J connectivity index is 1.63. The Labute approximate surface area is 128 Å². The van der Waals surface area contributed by atoms with Gasteiger partial charge in [-0.25, -0.2) is 0 Å². The summed E-state index contributed by atoms with van der Waals surface area (Å²) in [6.07, 6.45) is 0.618. The number of aromatic nitrogens is 2. The average molecular weight is 308 g/mol. The summed E-state index contributed by atoms with van der Waals surface area (Å²) in [6, 6.07) is 8.49. The molecular formula is C14H18ClN5O. The van der Waals surface area contributed by atoms with Gasteiger partial charge in [0.25, 0.3) is 0 Å². The molecule has 1 aliphatic rings. The molecule has 6 nitrogen and oxygen atoms in total. The Morgan fingerprint density at radius 2 is 1.81 bits per heavy atom. The van der Waals surface area contributed by atoms with Crippen LogP contribution in [0, 0.1) is 0 Å². The smallest absolute Gasteiger partial charge is 0.318 e. The number of piperazine rings is 1. The molecule has 0 spiro atoms. The molecule has 2 aromatic rings. The molecule has 112 valence electrons. The van der Waals surface area contributed by atoms with Crippen LogP contribution < -0.4 is 15.5 Å². The monoisotopic (exact) mass is 307 g/mol. The van der Waals surface area contributed by atoms with Crippen molar-refractivity contribution >= 4 is 23.3 Å². The van der Waals surface area contributed by atoms with Crippen molar-refractivity contribution in [1.29, 1.82) is 0 Å². The second-order valence-corrected chi connectivity index (χ2v) is 5.35. The summed E-state index contributed by atoms with van der Waals surface area (Å²) >= 11 is 6.24. The summed E-state index contributed by atoms with van der Waals surface area (Å²) in [6.45, 7) is 3.92. The van der Waals surface area contributed by atoms with E-state index in [0.29, 0.717) is 24.9 Å². The molecule has 1 aliphatic heterocycles. The van der Waals surface area contributed by atoms with Crippen LogP contribution in [0.4, 0.5) is 11.7 Å². The molecule has 1 fully saturated rings. The molecule has 21 heavy (non-hydrogen) atoms. The highest BCUT2D eigenvalue weighted by molar-refractivity contribution is 6.33. The lowest BCUT2D eigenvalue weighted by molar-refractivity contribution is 0.475. The van der Waals surface area contributed by atoms with E-state index in [1.165, 1.54) is 0 Å². The topological polar surface area (TPSA) is 71.4 Å². The van der Waals surface area contributed by atoms with Gasteiger partial charge >= 0.3 is 6.01 Å². The van der Waals surface area contributed by atoms with Gasteiger partial charge in [0.05, 0.1) is 10.7 Å². The number of benzene rings is 1. The third-order valence-corrected chi connectivity index (χ3v) is 3.88. The van der Waals surface area contributed by atoms with Crippen LogP contribution >= 0.6 is 11.6 Å². The SMILES string of the molecule is NCCc1nnc(N2CCN(c3ccccc3Cl)CC2)o1. The first-order chi connectivity index (χ1) is 10.3. The fourth-order valence-corrected chi connectivity index (χ4v) is 2.70. The quantitative estimate of drug-likeness (QED) is 0.924. The zero-order valence-electron chi connectivity index (χ0n) is 11.7. The van der Waals surface area contributed by atoms with E-state index in [1.54, 1.807) is 0 Å². The molecule has 1 saturated heterocycles. The number of hydrogen-bond acceptors (Lipinski definition) is 6. The van der Waals surface area contributed by atoms with Crippen LogP contribution in [0.2, 0.25) is 5.02 Å². The molecule has 0 atom stereocenters. The van der Waals surface area contributed by atoms with E-state index in [-0.39, 0.29) is 0 Å². The van der Waals surface area contributed by atoms with Crippen molar-refractivity contribution in [2.75, 3.05) is 42.5 Å². The van der Waals surface area contributed by atoms with Gasteiger partial charge in [0, 0.05) is 39.1 Å². The lowest BCUT2D eigenvalue weighted by atomic mass is 10.2. The predicted molar refractivity (Wildman–Crippen MR) is 82.9 cm³/mol. The number of nitrogens with zero attached hydrogens (tertiary/aromatic N) is 4. The van der Waals surface area contributed by atoms with Crippen LogP contribution in [0.5, 0.6) is 0 Å². The van der Waals surface area contributed by atoms with Gasteiger partial charge in [0.2, 0.25) is 5.89 Å². The molecule has 1 aromatic carbocycles. The van der Waals surface area contributed by atoms with E-state index in [9.17, 15) is 0 Å². The fraction of sp³-hybridized carbons (Fsp3) is 0.429. The molecule has 1 aromatic heterocycles. The molecule has 3 rings (SSSR count). The number of para-hydroxylation sites is 1. The van der Waals surface area contributed by atoms with E-state index >= 15 is 0 Å². The summed E-state index contributed by atoms with van der Waals surface area (Å²) < 4.78 is 5.61. The largest absolute Gasteiger partial charge is 0.408 e. The number of hydrogen-bond donors (Lipinski definition) is 1. The summed E-state index contributed by atoms with van der Waals surface area (Å²) in [5, 5.41) is 8.87. The Bertz CT molecular complexity index is 595. The predicted octanol–water partition coefficient (Wildman–Crippen LogP) is 1.55. The van der Waals surface area contributed by atoms with Crippen LogP contribution in [-0.2, 0) is 6.42 Å². The Kier molecular flexibility index (Phi) is 4.26. The lowest BCUT2D eigenvalue weighted by Crippen LogP contribution is -2.46. The Hall–Kier alpha value is -1.79. The molecule has 2 heterocycles. The summed E-state index contributed by atoms with van der Waals surface area (Å²) in [4.78, 5) is 4.37. The molecule has 7 heteroatoms. The van der Waals surface area contributed by atoms with Crippen molar-refractivity contribution in [3.05, 3.63) is 35.2 Å². The molecule has 0 amide bonds. The van der Waals surface area contributed by atoms with Crippen molar-refractivity contribution in [2.45, 2.75) is 6.42 Å². The van der Waals surface area contributed by atoms with Crippen LogP contribution in [0.15, 0.2) is 28.7 Å². The normalized spacial score (nSPS) is 15.5. The molecule has 0 saturated carbocycles. The number of halogens is 1. The van der Waals surface area contributed by atoms with Gasteiger partial charge in [-0.3, -0.25) is 0 Å². The van der Waals surface area contributed by atoms with Gasteiger partial charge < -0.3 is 20.0 Å². The van der Waals surface area contributed by atoms with E-state index in [4.69, 9.17) is 21.8 Å². The molecule has 0 bridgehead atoms. The Morgan fingerprint density at radius 1 is 1.10 bits per heavy atom. The summed E-state index contributed by atoms with van der Waals surface area (Å²) in [5.74, 6) is 0.598. The third-order valence-electron chi connectivity index (χ3n) is 3.56. The minimum absolute atomic E-state index is 0.516. The van der Waals surface area contributed by atoms with Crippen molar-refractivity contribution < 1.29 is 4.42 Å². The first-order valence-electron chi connectivity index (χ1n) is 7.05. The van der Waals surface area contributed by atoms with E-state index in [2.05, 4.69) is 20.0 Å². The first kappa shape index (κ1) is 14.2. The first-order valence-corrected chi connectivity index (χ1v) is 7.42. The summed E-state index contributed by atoms with van der Waals surface area (Å²) in [5.41, 5.74) is 6.56. The second-order valence-electron chi connectivity index (χ2n) is 4.94. The average Bonchev–Trinajstić information content (AvgIpc) is 2.97. The standard InChI is InChI=1S/C14H18ClN5O/c15-11-3-1-2-4-12(11)19-7-9-20(10-8-19)14-18-17-13(21-14)5-6-16/h1-4H,5-10,16H2. The van der Waals surface area contributed by atoms with Crippen molar-refractivity contribution in [1.82, 2.24) is 10.2 Å². The highest BCUT2D eigenvalue weighted by Crippen LogP contribution is 2.26. The second kappa shape index (κ2) is 6.32. The Morgan fingerprint density at radius 3 is 2.52 bits per heavy atom. The molecule has 2 N–H and O–H groups in total. The van der Waals surface area contributed by atoms with Crippen LogP contribution in [0.1, 0.15) is 5.89 Å². The molecule has 0 aliphatic carbocycles. The van der Waals surface area contributed by atoms with Gasteiger partial charge in [-0.15, -0.1) is 5.10 Å². The maximum Gasteiger partial charge on any atom is 0.318 e. The summed E-state index contributed by atoms with van der Waals surface area (Å²) in [7, 11) is 0. The van der Waals surface area contributed by atoms with Crippen LogP contribution in [-0.4, -0.2) is 42.9 Å². The molecular weight excluding hydrogens is 290 g/mol. The fourth-order valence-electron chi connectivity index (χ4n) is 2.44.